The van der Waals surface area contributed by atoms with Crippen LogP contribution in [0.3, 0.4) is 0 Å². The highest BCUT2D eigenvalue weighted by molar-refractivity contribution is 6.10. The van der Waals surface area contributed by atoms with Crippen LogP contribution in [0.5, 0.6) is 0 Å². The molecule has 0 N–H and O–H groups in total. The molecular weight excluding hydrogens is 252 g/mol. The largest absolute Gasteiger partial charge is 0.0795 e. The van der Waals surface area contributed by atoms with E-state index in [0.717, 1.165) is 6.42 Å². The topological polar surface area (TPSA) is 0 Å². The first kappa shape index (κ1) is 11.1. The summed E-state index contributed by atoms with van der Waals surface area (Å²) in [5.41, 5.74) is 2.83. The molecule has 21 heavy (non-hydrogen) atoms. The van der Waals surface area contributed by atoms with Gasteiger partial charge in [-0.3, -0.25) is 0 Å². The third-order valence-electron chi connectivity index (χ3n) is 4.60. The fourth-order valence-corrected chi connectivity index (χ4v) is 3.65. The van der Waals surface area contributed by atoms with E-state index >= 15 is 0 Å². The Morgan fingerprint density at radius 3 is 2.33 bits per heavy atom. The average molecular weight is 266 g/mol. The lowest BCUT2D eigenvalue weighted by Gasteiger charge is -2.16. The van der Waals surface area contributed by atoms with Gasteiger partial charge in [-0.1, -0.05) is 54.6 Å². The van der Waals surface area contributed by atoms with Crippen LogP contribution in [0.4, 0.5) is 0 Å². The molecule has 0 saturated heterocycles. The zero-order valence-corrected chi connectivity index (χ0v) is 11.6. The normalized spacial score (nSPS) is 13.3. The zero-order valence-electron chi connectivity index (χ0n) is 11.6. The Morgan fingerprint density at radius 1 is 0.667 bits per heavy atom. The van der Waals surface area contributed by atoms with E-state index in [-0.39, 0.29) is 0 Å². The molecule has 0 saturated carbocycles. The van der Waals surface area contributed by atoms with E-state index in [0.29, 0.717) is 0 Å². The van der Waals surface area contributed by atoms with E-state index in [1.165, 1.54) is 43.4 Å². The molecule has 0 radical (unpaired) electrons. The Balaban J connectivity index is 2.05. The molecule has 0 atom stereocenters. The fourth-order valence-electron chi connectivity index (χ4n) is 3.65. The Hall–Kier alpha value is -2.60. The molecule has 0 heteroatoms. The van der Waals surface area contributed by atoms with Gasteiger partial charge in [-0.15, -0.1) is 0 Å². The molecule has 0 unspecified atom stereocenters. The van der Waals surface area contributed by atoms with Crippen molar-refractivity contribution in [1.82, 2.24) is 0 Å². The van der Waals surface area contributed by atoms with Crippen molar-refractivity contribution in [3.05, 3.63) is 77.9 Å². The first-order valence-corrected chi connectivity index (χ1v) is 7.44. The van der Waals surface area contributed by atoms with Gasteiger partial charge in [0.05, 0.1) is 0 Å². The van der Waals surface area contributed by atoms with Gasteiger partial charge >= 0.3 is 0 Å². The maximum Gasteiger partial charge on any atom is -0.00699 e. The highest BCUT2D eigenvalue weighted by Crippen LogP contribution is 2.36. The number of fused-ring (bicyclic) bond motifs is 3. The molecule has 4 aromatic rings. The minimum absolute atomic E-state index is 1.03. The van der Waals surface area contributed by atoms with E-state index in [2.05, 4.69) is 72.8 Å². The molecule has 1 aliphatic rings. The lowest BCUT2D eigenvalue weighted by Crippen LogP contribution is -1.94. The molecule has 0 amide bonds. The Morgan fingerprint density at radius 2 is 1.43 bits per heavy atom. The summed E-state index contributed by atoms with van der Waals surface area (Å²) in [4.78, 5) is 0. The molecule has 0 aromatic heterocycles. The Kier molecular flexibility index (Phi) is 2.09. The molecule has 0 spiro atoms. The lowest BCUT2D eigenvalue weighted by atomic mass is 9.88. The monoisotopic (exact) mass is 266 g/mol. The number of allylic oxidation sites excluding steroid dienone is 1. The predicted molar refractivity (Wildman–Crippen MR) is 91.7 cm³/mol. The molecule has 0 heterocycles. The van der Waals surface area contributed by atoms with Gasteiger partial charge in [0.1, 0.15) is 0 Å². The number of hydrogen-bond donors (Lipinski definition) is 0. The van der Waals surface area contributed by atoms with Gasteiger partial charge < -0.3 is 0 Å². The van der Waals surface area contributed by atoms with Crippen molar-refractivity contribution < 1.29 is 0 Å². The van der Waals surface area contributed by atoms with Gasteiger partial charge in [-0.2, -0.15) is 0 Å². The Bertz CT molecular complexity index is 1050. The van der Waals surface area contributed by atoms with Gasteiger partial charge in [-0.05, 0) is 68.1 Å². The predicted octanol–water partition coefficient (Wildman–Crippen LogP) is 5.72. The van der Waals surface area contributed by atoms with Crippen LogP contribution in [-0.2, 0) is 6.42 Å². The van der Waals surface area contributed by atoms with Crippen molar-refractivity contribution in [2.75, 3.05) is 0 Å². The molecule has 98 valence electrons. The van der Waals surface area contributed by atoms with Gasteiger partial charge in [0, 0.05) is 0 Å². The number of benzene rings is 4. The third kappa shape index (κ3) is 1.50. The molecule has 1 aliphatic carbocycles. The van der Waals surface area contributed by atoms with E-state index in [1.807, 2.05) is 0 Å². The summed E-state index contributed by atoms with van der Waals surface area (Å²) in [6.07, 6.45) is 5.57. The SMILES string of the molecule is C1=Cc2cccc3cc4cc5ccccc5cc4c(c23)C1. The summed E-state index contributed by atoms with van der Waals surface area (Å²) in [6, 6.07) is 22.3. The summed E-state index contributed by atoms with van der Waals surface area (Å²) < 4.78 is 0. The lowest BCUT2D eigenvalue weighted by molar-refractivity contribution is 1.32. The maximum absolute atomic E-state index is 2.36. The zero-order chi connectivity index (χ0) is 13.8. The van der Waals surface area contributed by atoms with Crippen molar-refractivity contribution in [2.45, 2.75) is 6.42 Å². The highest BCUT2D eigenvalue weighted by atomic mass is 14.2. The van der Waals surface area contributed by atoms with Gasteiger partial charge in [0.15, 0.2) is 0 Å². The van der Waals surface area contributed by atoms with Crippen molar-refractivity contribution in [2.24, 2.45) is 0 Å². The van der Waals surface area contributed by atoms with E-state index in [1.54, 1.807) is 0 Å². The summed E-state index contributed by atoms with van der Waals surface area (Å²) in [6.45, 7) is 0. The van der Waals surface area contributed by atoms with Crippen LogP contribution in [0, 0.1) is 0 Å². The van der Waals surface area contributed by atoms with Crippen LogP contribution in [0.1, 0.15) is 11.1 Å². The van der Waals surface area contributed by atoms with Crippen molar-refractivity contribution in [3.63, 3.8) is 0 Å². The second kappa shape index (κ2) is 3.95. The first-order valence-electron chi connectivity index (χ1n) is 7.44. The summed E-state index contributed by atoms with van der Waals surface area (Å²) in [5, 5.41) is 8.19. The minimum atomic E-state index is 1.03. The Labute approximate surface area is 123 Å². The molecule has 4 aromatic carbocycles. The fraction of sp³-hybridized carbons (Fsp3) is 0.0476. The third-order valence-corrected chi connectivity index (χ3v) is 4.60. The van der Waals surface area contributed by atoms with E-state index in [4.69, 9.17) is 0 Å². The van der Waals surface area contributed by atoms with E-state index in [9.17, 15) is 0 Å². The minimum Gasteiger partial charge on any atom is -0.0795 e. The molecule has 0 nitrogen and oxygen atoms in total. The van der Waals surface area contributed by atoms with Gasteiger partial charge in [0.25, 0.3) is 0 Å². The highest BCUT2D eigenvalue weighted by Gasteiger charge is 2.12. The quantitative estimate of drug-likeness (QED) is 0.357. The molecule has 5 rings (SSSR count). The first-order chi connectivity index (χ1) is 10.4. The van der Waals surface area contributed by atoms with Gasteiger partial charge in [-0.25, -0.2) is 0 Å². The molecule has 0 fully saturated rings. The van der Waals surface area contributed by atoms with Crippen LogP contribution in [0.25, 0.3) is 38.4 Å². The van der Waals surface area contributed by atoms with Crippen LogP contribution in [0.2, 0.25) is 0 Å². The maximum atomic E-state index is 2.36. The second-order valence-electron chi connectivity index (χ2n) is 5.83. The second-order valence-corrected chi connectivity index (χ2v) is 5.83. The number of hydrogen-bond acceptors (Lipinski definition) is 0. The molecule has 0 aliphatic heterocycles. The van der Waals surface area contributed by atoms with Crippen LogP contribution in [0.15, 0.2) is 66.7 Å². The van der Waals surface area contributed by atoms with Crippen molar-refractivity contribution in [1.29, 1.82) is 0 Å². The van der Waals surface area contributed by atoms with Crippen LogP contribution >= 0.6 is 0 Å². The van der Waals surface area contributed by atoms with E-state index < -0.39 is 0 Å². The van der Waals surface area contributed by atoms with Crippen LogP contribution < -0.4 is 0 Å². The number of rotatable bonds is 0. The summed E-state index contributed by atoms with van der Waals surface area (Å²) in [5.74, 6) is 0. The standard InChI is InChI=1S/C21H14/c1-2-6-16-13-20-18(11-15(16)5-1)12-17-9-3-7-14-8-4-10-19(20)21(14)17/h1-9,11-13H,10H2. The van der Waals surface area contributed by atoms with Crippen molar-refractivity contribution >= 4 is 38.4 Å². The average Bonchev–Trinajstić information content (AvgIpc) is 2.54. The van der Waals surface area contributed by atoms with Crippen LogP contribution in [-0.4, -0.2) is 0 Å². The molecular formula is C21H14. The molecule has 0 bridgehead atoms. The van der Waals surface area contributed by atoms with Crippen molar-refractivity contribution in [3.8, 4) is 0 Å². The summed E-state index contributed by atoms with van der Waals surface area (Å²) in [7, 11) is 0. The smallest absolute Gasteiger partial charge is 0.00699 e. The van der Waals surface area contributed by atoms with Gasteiger partial charge in [0.2, 0.25) is 0 Å². The summed E-state index contributed by atoms with van der Waals surface area (Å²) >= 11 is 0.